The molecule has 3 aliphatic rings. The zero-order valence-corrected chi connectivity index (χ0v) is 14.4. The van der Waals surface area contributed by atoms with E-state index in [2.05, 4.69) is 10.7 Å². The molecule has 0 radical (unpaired) electrons. The lowest BCUT2D eigenvalue weighted by Gasteiger charge is -2.32. The fraction of sp³-hybridized carbons (Fsp3) is 0.812. The molecule has 3 N–H and O–H groups in total. The third-order valence-electron chi connectivity index (χ3n) is 5.13. The van der Waals surface area contributed by atoms with E-state index < -0.39 is 11.6 Å². The van der Waals surface area contributed by atoms with E-state index in [1.807, 2.05) is 13.8 Å². The van der Waals surface area contributed by atoms with Gasteiger partial charge in [0.2, 0.25) is 0 Å². The number of urea groups is 1. The van der Waals surface area contributed by atoms with Crippen molar-refractivity contribution in [3.05, 3.63) is 0 Å². The molecule has 0 aromatic rings. The molecule has 0 aromatic heterocycles. The summed E-state index contributed by atoms with van der Waals surface area (Å²) in [4.78, 5) is 38.2. The predicted octanol–water partition coefficient (Wildman–Crippen LogP) is -1.04. The summed E-state index contributed by atoms with van der Waals surface area (Å²) in [5, 5.41) is 3.66. The van der Waals surface area contributed by atoms with E-state index in [4.69, 9.17) is 4.74 Å². The van der Waals surface area contributed by atoms with Crippen molar-refractivity contribution >= 4 is 17.8 Å². The first kappa shape index (κ1) is 17.2. The van der Waals surface area contributed by atoms with Gasteiger partial charge in [0.1, 0.15) is 30.8 Å². The number of quaternary nitrogens is 1. The summed E-state index contributed by atoms with van der Waals surface area (Å²) in [5.41, 5.74) is 1.69. The zero-order chi connectivity index (χ0) is 17.3. The van der Waals surface area contributed by atoms with Gasteiger partial charge in [-0.25, -0.2) is 4.79 Å². The van der Waals surface area contributed by atoms with E-state index in [1.165, 1.54) is 0 Å². The molecular formula is C16H27N4O4+. The number of carbonyl (C=O) groups is 3. The van der Waals surface area contributed by atoms with Crippen LogP contribution in [0.25, 0.3) is 0 Å². The summed E-state index contributed by atoms with van der Waals surface area (Å²) < 4.78 is 5.66. The second kappa shape index (κ2) is 6.68. The van der Waals surface area contributed by atoms with Crippen molar-refractivity contribution in [2.24, 2.45) is 0 Å². The average molecular weight is 339 g/mol. The molecule has 2 aliphatic heterocycles. The standard InChI is InChI=1S/C16H26N4O4/c1-11-8-19(9-12(2)24-11)10-13(21)18-20-14(22)16(17-15(20)23)6-4-3-5-7-16/h11-12H,3-10H2,1-2H3,(H,17,23)(H,18,21)/p+1/t11-,12-/m0/s1. The number of carbonyl (C=O) groups excluding carboxylic acids is 3. The molecule has 0 unspecified atom stereocenters. The molecule has 2 atom stereocenters. The number of hydrazine groups is 1. The number of morpholine rings is 1. The topological polar surface area (TPSA) is 92.2 Å². The highest BCUT2D eigenvalue weighted by atomic mass is 16.5. The molecule has 24 heavy (non-hydrogen) atoms. The van der Waals surface area contributed by atoms with Crippen LogP contribution in [-0.2, 0) is 14.3 Å². The monoisotopic (exact) mass is 339 g/mol. The third-order valence-corrected chi connectivity index (χ3v) is 5.13. The molecule has 0 bridgehead atoms. The largest absolute Gasteiger partial charge is 0.364 e. The Balaban J connectivity index is 1.58. The fourth-order valence-corrected chi connectivity index (χ4v) is 4.14. The van der Waals surface area contributed by atoms with Crippen LogP contribution in [-0.4, -0.2) is 60.2 Å². The number of imide groups is 1. The van der Waals surface area contributed by atoms with Crippen LogP contribution in [0.1, 0.15) is 46.0 Å². The average Bonchev–Trinajstić information content (AvgIpc) is 2.71. The highest BCUT2D eigenvalue weighted by Crippen LogP contribution is 2.32. The highest BCUT2D eigenvalue weighted by molar-refractivity contribution is 6.08. The Morgan fingerprint density at radius 2 is 1.88 bits per heavy atom. The first-order valence-electron chi connectivity index (χ1n) is 8.85. The summed E-state index contributed by atoms with van der Waals surface area (Å²) in [7, 11) is 0. The van der Waals surface area contributed by atoms with E-state index in [1.54, 1.807) is 0 Å². The van der Waals surface area contributed by atoms with Crippen molar-refractivity contribution in [3.63, 3.8) is 0 Å². The van der Waals surface area contributed by atoms with E-state index in [0.717, 1.165) is 42.3 Å². The Hall–Kier alpha value is -1.67. The van der Waals surface area contributed by atoms with Crippen molar-refractivity contribution in [3.8, 4) is 0 Å². The number of amides is 4. The Morgan fingerprint density at radius 1 is 1.25 bits per heavy atom. The number of rotatable bonds is 3. The van der Waals surface area contributed by atoms with Gasteiger partial charge in [0.25, 0.3) is 11.8 Å². The second-order valence-corrected chi connectivity index (χ2v) is 7.34. The molecule has 1 aliphatic carbocycles. The Bertz CT molecular complexity index is 522. The summed E-state index contributed by atoms with van der Waals surface area (Å²) in [6.45, 7) is 5.67. The maximum absolute atomic E-state index is 12.6. The van der Waals surface area contributed by atoms with Crippen LogP contribution < -0.4 is 15.6 Å². The molecule has 0 aromatic carbocycles. The van der Waals surface area contributed by atoms with Crippen molar-refractivity contribution in [2.45, 2.75) is 63.7 Å². The van der Waals surface area contributed by atoms with E-state index >= 15 is 0 Å². The lowest BCUT2D eigenvalue weighted by atomic mass is 9.82. The number of hydrogen-bond donors (Lipinski definition) is 3. The van der Waals surface area contributed by atoms with E-state index in [0.29, 0.717) is 12.8 Å². The minimum Gasteiger partial charge on any atom is -0.364 e. The molecule has 3 fully saturated rings. The molecule has 1 saturated carbocycles. The molecular weight excluding hydrogens is 312 g/mol. The lowest BCUT2D eigenvalue weighted by Crippen LogP contribution is -3.16. The van der Waals surface area contributed by atoms with Gasteiger partial charge in [-0.15, -0.1) is 0 Å². The van der Waals surface area contributed by atoms with Crippen LogP contribution in [0.2, 0.25) is 0 Å². The molecule has 2 heterocycles. The second-order valence-electron chi connectivity index (χ2n) is 7.34. The molecule has 8 nitrogen and oxygen atoms in total. The Labute approximate surface area is 141 Å². The first-order chi connectivity index (χ1) is 11.4. The minimum atomic E-state index is -0.808. The lowest BCUT2D eigenvalue weighted by molar-refractivity contribution is -0.907. The van der Waals surface area contributed by atoms with E-state index in [-0.39, 0.29) is 30.6 Å². The van der Waals surface area contributed by atoms with Gasteiger partial charge in [0, 0.05) is 0 Å². The van der Waals surface area contributed by atoms with Crippen molar-refractivity contribution in [1.29, 1.82) is 0 Å². The van der Waals surface area contributed by atoms with Crippen molar-refractivity contribution in [2.75, 3.05) is 19.6 Å². The van der Waals surface area contributed by atoms with Crippen LogP contribution in [0.4, 0.5) is 4.79 Å². The summed E-state index contributed by atoms with van der Waals surface area (Å²) in [5.74, 6) is -0.637. The maximum atomic E-state index is 12.6. The van der Waals surface area contributed by atoms with Gasteiger partial charge < -0.3 is 15.0 Å². The van der Waals surface area contributed by atoms with Gasteiger partial charge in [0.05, 0.1) is 0 Å². The third kappa shape index (κ3) is 3.39. The van der Waals surface area contributed by atoms with Crippen LogP contribution >= 0.6 is 0 Å². The molecule has 4 amide bonds. The summed E-state index contributed by atoms with van der Waals surface area (Å²) in [6, 6.07) is -0.519. The van der Waals surface area contributed by atoms with Crippen LogP contribution in [0.3, 0.4) is 0 Å². The molecule has 1 spiro atoms. The summed E-state index contributed by atoms with van der Waals surface area (Å²) in [6.07, 6.45) is 4.40. The molecule has 2 saturated heterocycles. The number of ether oxygens (including phenoxy) is 1. The van der Waals surface area contributed by atoms with Crippen LogP contribution in [0.15, 0.2) is 0 Å². The number of nitrogens with one attached hydrogen (secondary N) is 3. The minimum absolute atomic E-state index is 0.0961. The van der Waals surface area contributed by atoms with Gasteiger partial charge >= 0.3 is 6.03 Å². The van der Waals surface area contributed by atoms with Crippen molar-refractivity contribution in [1.82, 2.24) is 15.8 Å². The highest BCUT2D eigenvalue weighted by Gasteiger charge is 2.52. The van der Waals surface area contributed by atoms with Gasteiger partial charge in [-0.2, -0.15) is 5.01 Å². The quantitative estimate of drug-likeness (QED) is 0.573. The Kier molecular flexibility index (Phi) is 4.78. The van der Waals surface area contributed by atoms with Gasteiger partial charge in [0.15, 0.2) is 6.54 Å². The van der Waals surface area contributed by atoms with Crippen LogP contribution in [0, 0.1) is 0 Å². The van der Waals surface area contributed by atoms with E-state index in [9.17, 15) is 14.4 Å². The molecule has 3 rings (SSSR count). The van der Waals surface area contributed by atoms with Crippen molar-refractivity contribution < 1.29 is 24.0 Å². The van der Waals surface area contributed by atoms with Gasteiger partial charge in [-0.3, -0.25) is 15.0 Å². The summed E-state index contributed by atoms with van der Waals surface area (Å²) >= 11 is 0. The predicted molar refractivity (Wildman–Crippen MR) is 84.9 cm³/mol. The number of hydrogen-bond acceptors (Lipinski definition) is 4. The van der Waals surface area contributed by atoms with Crippen LogP contribution in [0.5, 0.6) is 0 Å². The number of nitrogens with zero attached hydrogens (tertiary/aromatic N) is 1. The maximum Gasteiger partial charge on any atom is 0.344 e. The smallest absolute Gasteiger partial charge is 0.344 e. The van der Waals surface area contributed by atoms with Gasteiger partial charge in [-0.1, -0.05) is 19.3 Å². The zero-order valence-electron chi connectivity index (χ0n) is 14.4. The molecule has 134 valence electrons. The fourth-order valence-electron chi connectivity index (χ4n) is 4.14. The Morgan fingerprint density at radius 3 is 2.50 bits per heavy atom. The normalized spacial score (nSPS) is 32.8. The first-order valence-corrected chi connectivity index (χ1v) is 8.85. The SMILES string of the molecule is C[C@H]1C[NH+](CC(=O)NN2C(=O)NC3(CCCCC3)C2=O)C[C@H](C)O1. The molecule has 8 heteroatoms. The van der Waals surface area contributed by atoms with Gasteiger partial charge in [-0.05, 0) is 26.7 Å².